The minimum Gasteiger partial charge on any atom is -0.457 e. The van der Waals surface area contributed by atoms with Gasteiger partial charge in [0.05, 0.1) is 0 Å². The number of nitrogens with one attached hydrogen (secondary N) is 2. The van der Waals surface area contributed by atoms with Gasteiger partial charge in [0.2, 0.25) is 0 Å². The lowest BCUT2D eigenvalue weighted by atomic mass is 10.3. The van der Waals surface area contributed by atoms with Gasteiger partial charge in [0, 0.05) is 11.4 Å². The highest BCUT2D eigenvalue weighted by Crippen LogP contribution is 2.25. The van der Waals surface area contributed by atoms with E-state index < -0.39 is 16.1 Å². The number of hydrogen-bond acceptors (Lipinski definition) is 5. The molecular formula is C25H20N2O5S. The molecule has 0 fully saturated rings. The first-order valence-corrected chi connectivity index (χ1v) is 11.4. The van der Waals surface area contributed by atoms with Crippen molar-refractivity contribution in [2.45, 2.75) is 4.90 Å². The van der Waals surface area contributed by atoms with Crippen LogP contribution in [0.25, 0.3) is 0 Å². The molecule has 4 rings (SSSR count). The molecule has 8 heteroatoms. The van der Waals surface area contributed by atoms with Crippen molar-refractivity contribution in [2.24, 2.45) is 0 Å². The molecule has 166 valence electrons. The van der Waals surface area contributed by atoms with Gasteiger partial charge in [-0.05, 0) is 72.8 Å². The number of benzene rings is 4. The number of rotatable bonds is 7. The van der Waals surface area contributed by atoms with E-state index in [1.807, 2.05) is 36.4 Å². The molecule has 7 nitrogen and oxygen atoms in total. The van der Waals surface area contributed by atoms with Crippen LogP contribution >= 0.6 is 0 Å². The molecule has 4 aromatic rings. The van der Waals surface area contributed by atoms with Crippen molar-refractivity contribution in [3.05, 3.63) is 109 Å². The summed E-state index contributed by atoms with van der Waals surface area (Å²) in [7, 11) is -4.03. The van der Waals surface area contributed by atoms with Crippen molar-refractivity contribution in [1.29, 1.82) is 0 Å². The van der Waals surface area contributed by atoms with Gasteiger partial charge in [-0.1, -0.05) is 36.4 Å². The van der Waals surface area contributed by atoms with Crippen LogP contribution in [0.1, 0.15) is 0 Å². The third kappa shape index (κ3) is 6.11. The van der Waals surface area contributed by atoms with Crippen molar-refractivity contribution in [1.82, 2.24) is 0 Å². The first kappa shape index (κ1) is 21.9. The Morgan fingerprint density at radius 1 is 0.576 bits per heavy atom. The largest absolute Gasteiger partial charge is 0.457 e. The van der Waals surface area contributed by atoms with E-state index in [4.69, 9.17) is 8.92 Å². The Kier molecular flexibility index (Phi) is 6.56. The topological polar surface area (TPSA) is 93.7 Å². The Labute approximate surface area is 191 Å². The number of amides is 2. The standard InChI is InChI=1S/C25H20N2O5S/c28-25(26-19-7-3-1-4-8-19)27-20-11-13-23(14-12-20)32-33(29,30)24-17-15-22(16-18-24)31-21-9-5-2-6-10-21/h1-18H,(H2,26,27,28). The molecule has 0 saturated heterocycles. The fourth-order valence-electron chi connectivity index (χ4n) is 2.88. The molecule has 0 aromatic heterocycles. The van der Waals surface area contributed by atoms with Gasteiger partial charge in [-0.15, -0.1) is 0 Å². The fraction of sp³-hybridized carbons (Fsp3) is 0. The third-order valence-corrected chi connectivity index (χ3v) is 5.70. The minimum absolute atomic E-state index is 0.00708. The summed E-state index contributed by atoms with van der Waals surface area (Å²) in [5.41, 5.74) is 1.14. The number of hydrogen-bond donors (Lipinski definition) is 2. The van der Waals surface area contributed by atoms with Crippen LogP contribution < -0.4 is 19.6 Å². The summed E-state index contributed by atoms with van der Waals surface area (Å²) in [6, 6.07) is 29.7. The lowest BCUT2D eigenvalue weighted by molar-refractivity contribution is 0.262. The van der Waals surface area contributed by atoms with Crippen molar-refractivity contribution in [2.75, 3.05) is 10.6 Å². The van der Waals surface area contributed by atoms with E-state index >= 15 is 0 Å². The molecule has 0 aliphatic carbocycles. The van der Waals surface area contributed by atoms with Gasteiger partial charge in [-0.25, -0.2) is 4.79 Å². The zero-order valence-electron chi connectivity index (χ0n) is 17.3. The first-order valence-electron chi connectivity index (χ1n) is 9.98. The molecular weight excluding hydrogens is 440 g/mol. The summed E-state index contributed by atoms with van der Waals surface area (Å²) < 4.78 is 36.1. The van der Waals surface area contributed by atoms with Crippen molar-refractivity contribution < 1.29 is 22.1 Å². The lowest BCUT2D eigenvalue weighted by Crippen LogP contribution is -2.19. The second-order valence-corrected chi connectivity index (χ2v) is 8.44. The molecule has 33 heavy (non-hydrogen) atoms. The lowest BCUT2D eigenvalue weighted by Gasteiger charge is -2.10. The number of anilines is 2. The average Bonchev–Trinajstić information content (AvgIpc) is 2.82. The molecule has 0 radical (unpaired) electrons. The van der Waals surface area contributed by atoms with Gasteiger partial charge in [-0.2, -0.15) is 8.42 Å². The molecule has 0 atom stereocenters. The van der Waals surface area contributed by atoms with Gasteiger partial charge in [0.25, 0.3) is 0 Å². The minimum atomic E-state index is -4.03. The predicted molar refractivity (Wildman–Crippen MR) is 126 cm³/mol. The maximum absolute atomic E-state index is 12.6. The SMILES string of the molecule is O=C(Nc1ccccc1)Nc1ccc(OS(=O)(=O)c2ccc(Oc3ccccc3)cc2)cc1. The van der Waals surface area contributed by atoms with Crippen LogP contribution in [-0.4, -0.2) is 14.4 Å². The fourth-order valence-corrected chi connectivity index (χ4v) is 3.81. The maximum atomic E-state index is 12.6. The van der Waals surface area contributed by atoms with Crippen LogP contribution in [0, 0.1) is 0 Å². The number of urea groups is 1. The number of para-hydroxylation sites is 2. The second kappa shape index (κ2) is 9.88. The van der Waals surface area contributed by atoms with E-state index in [-0.39, 0.29) is 10.6 Å². The van der Waals surface area contributed by atoms with Crippen LogP contribution in [0.3, 0.4) is 0 Å². The van der Waals surface area contributed by atoms with Gasteiger partial charge < -0.3 is 19.6 Å². The van der Waals surface area contributed by atoms with Gasteiger partial charge >= 0.3 is 16.1 Å². The molecule has 4 aromatic carbocycles. The molecule has 0 aliphatic rings. The summed E-state index contributed by atoms with van der Waals surface area (Å²) in [6.45, 7) is 0. The summed E-state index contributed by atoms with van der Waals surface area (Å²) in [5, 5.41) is 5.37. The maximum Gasteiger partial charge on any atom is 0.339 e. The third-order valence-electron chi connectivity index (χ3n) is 4.44. The van der Waals surface area contributed by atoms with E-state index in [0.717, 1.165) is 0 Å². The summed E-state index contributed by atoms with van der Waals surface area (Å²) in [5.74, 6) is 1.27. The highest BCUT2D eigenvalue weighted by atomic mass is 32.2. The molecule has 2 amide bonds. The molecule has 0 bridgehead atoms. The molecule has 0 heterocycles. The highest BCUT2D eigenvalue weighted by molar-refractivity contribution is 7.87. The van der Waals surface area contributed by atoms with Gasteiger partial charge in [0.1, 0.15) is 22.1 Å². The Bertz CT molecular complexity index is 1310. The van der Waals surface area contributed by atoms with Crippen molar-refractivity contribution in [3.63, 3.8) is 0 Å². The van der Waals surface area contributed by atoms with Crippen LogP contribution in [0.2, 0.25) is 0 Å². The second-order valence-electron chi connectivity index (χ2n) is 6.89. The van der Waals surface area contributed by atoms with Crippen molar-refractivity contribution >= 4 is 27.5 Å². The molecule has 0 spiro atoms. The summed E-state index contributed by atoms with van der Waals surface area (Å²) in [6.07, 6.45) is 0. The van der Waals surface area contributed by atoms with Gasteiger partial charge in [-0.3, -0.25) is 0 Å². The first-order chi connectivity index (χ1) is 16.0. The van der Waals surface area contributed by atoms with Crippen LogP contribution in [0.4, 0.5) is 16.2 Å². The Morgan fingerprint density at radius 3 is 1.67 bits per heavy atom. The average molecular weight is 461 g/mol. The smallest absolute Gasteiger partial charge is 0.339 e. The van der Waals surface area contributed by atoms with E-state index in [1.165, 1.54) is 24.3 Å². The quantitative estimate of drug-likeness (QED) is 0.335. The summed E-state index contributed by atoms with van der Waals surface area (Å²) in [4.78, 5) is 12.1. The van der Waals surface area contributed by atoms with Crippen molar-refractivity contribution in [3.8, 4) is 17.2 Å². The molecule has 0 saturated carbocycles. The zero-order chi connectivity index (χ0) is 23.1. The monoisotopic (exact) mass is 460 g/mol. The van der Waals surface area contributed by atoms with E-state index in [9.17, 15) is 13.2 Å². The normalized spacial score (nSPS) is 10.8. The number of carbonyl (C=O) groups is 1. The van der Waals surface area contributed by atoms with E-state index in [2.05, 4.69) is 10.6 Å². The Hall–Kier alpha value is -4.30. The number of ether oxygens (including phenoxy) is 1. The molecule has 0 aliphatic heterocycles. The molecule has 0 unspecified atom stereocenters. The van der Waals surface area contributed by atoms with Crippen LogP contribution in [0.5, 0.6) is 17.2 Å². The predicted octanol–water partition coefficient (Wildman–Crippen LogP) is 5.89. The van der Waals surface area contributed by atoms with Gasteiger partial charge in [0.15, 0.2) is 0 Å². The zero-order valence-corrected chi connectivity index (χ0v) is 18.2. The summed E-state index contributed by atoms with van der Waals surface area (Å²) >= 11 is 0. The van der Waals surface area contributed by atoms with Crippen LogP contribution in [-0.2, 0) is 10.1 Å². The van der Waals surface area contributed by atoms with E-state index in [0.29, 0.717) is 22.9 Å². The van der Waals surface area contributed by atoms with E-state index in [1.54, 1.807) is 48.5 Å². The Balaban J connectivity index is 1.36. The van der Waals surface area contributed by atoms with Crippen LogP contribution in [0.15, 0.2) is 114 Å². The number of carbonyl (C=O) groups excluding carboxylic acids is 1. The highest BCUT2D eigenvalue weighted by Gasteiger charge is 2.17. The molecule has 2 N–H and O–H groups in total. The Morgan fingerprint density at radius 2 is 1.06 bits per heavy atom.